The third-order valence-corrected chi connectivity index (χ3v) is 6.47. The summed E-state index contributed by atoms with van der Waals surface area (Å²) < 4.78 is 31.8. The van der Waals surface area contributed by atoms with Crippen molar-refractivity contribution in [3.05, 3.63) is 59.7 Å². The van der Waals surface area contributed by atoms with Gasteiger partial charge in [0.25, 0.3) is 10.0 Å². The molecule has 0 bridgehead atoms. The average molecular weight is 427 g/mol. The Morgan fingerprint density at radius 1 is 1.20 bits per heavy atom. The first-order chi connectivity index (χ1) is 14.3. The van der Waals surface area contributed by atoms with E-state index in [1.807, 2.05) is 31.2 Å². The lowest BCUT2D eigenvalue weighted by molar-refractivity contribution is -0.148. The molecule has 0 spiro atoms. The van der Waals surface area contributed by atoms with E-state index < -0.39 is 21.9 Å². The number of amidine groups is 1. The van der Waals surface area contributed by atoms with Crippen molar-refractivity contribution in [3.8, 4) is 0 Å². The third-order valence-electron chi connectivity index (χ3n) is 5.07. The lowest BCUT2D eigenvalue weighted by atomic mass is 10.1. The van der Waals surface area contributed by atoms with Crippen molar-refractivity contribution < 1.29 is 22.7 Å². The minimum atomic E-state index is -3.59. The van der Waals surface area contributed by atoms with Crippen LogP contribution in [-0.2, 0) is 24.3 Å². The number of ether oxygens (including phenoxy) is 1. The summed E-state index contributed by atoms with van der Waals surface area (Å²) in [6, 6.07) is 14.1. The van der Waals surface area contributed by atoms with Gasteiger partial charge < -0.3 is 9.64 Å². The average Bonchev–Trinajstić information content (AvgIpc) is 3.23. The fourth-order valence-electron chi connectivity index (χ4n) is 3.51. The van der Waals surface area contributed by atoms with Gasteiger partial charge in [-0.2, -0.15) is 0 Å². The van der Waals surface area contributed by atoms with Gasteiger partial charge in [-0.15, -0.1) is 0 Å². The van der Waals surface area contributed by atoms with Gasteiger partial charge in [0, 0.05) is 24.2 Å². The second-order valence-corrected chi connectivity index (χ2v) is 8.89. The van der Waals surface area contributed by atoms with E-state index in [4.69, 9.17) is 4.74 Å². The number of rotatable bonds is 5. The molecule has 1 N–H and O–H groups in total. The second kappa shape index (κ2) is 7.91. The smallest absolute Gasteiger partial charge is 0.311 e. The van der Waals surface area contributed by atoms with Crippen molar-refractivity contribution in [2.24, 2.45) is 10.9 Å². The van der Waals surface area contributed by atoms with Crippen LogP contribution in [0.5, 0.6) is 0 Å². The molecule has 1 amide bonds. The number of nitrogens with one attached hydrogen (secondary N) is 1. The molecular weight excluding hydrogens is 406 g/mol. The van der Waals surface area contributed by atoms with E-state index in [2.05, 4.69) is 9.71 Å². The number of carbonyl (C=O) groups excluding carboxylic acids is 2. The molecule has 9 heteroatoms. The number of benzene rings is 2. The first-order valence-electron chi connectivity index (χ1n) is 9.55. The minimum Gasteiger partial charge on any atom is -0.463 e. The molecular formula is C21H21N3O5S. The number of anilines is 1. The molecule has 0 aromatic heterocycles. The van der Waals surface area contributed by atoms with Crippen molar-refractivity contribution in [2.75, 3.05) is 24.6 Å². The quantitative estimate of drug-likeness (QED) is 0.577. The molecule has 2 aliphatic heterocycles. The summed E-state index contributed by atoms with van der Waals surface area (Å²) in [5, 5.41) is 0. The Morgan fingerprint density at radius 3 is 2.70 bits per heavy atom. The Hall–Kier alpha value is -3.20. The summed E-state index contributed by atoms with van der Waals surface area (Å²) in [7, 11) is -3.59. The van der Waals surface area contributed by atoms with Crippen LogP contribution >= 0.6 is 0 Å². The van der Waals surface area contributed by atoms with Crippen LogP contribution < -0.4 is 9.62 Å². The van der Waals surface area contributed by atoms with Crippen molar-refractivity contribution >= 4 is 33.4 Å². The number of hydrogen-bond acceptors (Lipinski definition) is 6. The fraction of sp³-hybridized carbons (Fsp3) is 0.286. The number of amides is 1. The molecule has 2 heterocycles. The van der Waals surface area contributed by atoms with E-state index in [9.17, 15) is 18.0 Å². The maximum Gasteiger partial charge on any atom is 0.311 e. The Bertz CT molecular complexity index is 1130. The molecule has 8 nitrogen and oxygen atoms in total. The van der Waals surface area contributed by atoms with Crippen LogP contribution in [0, 0.1) is 12.8 Å². The van der Waals surface area contributed by atoms with Gasteiger partial charge in [-0.1, -0.05) is 29.8 Å². The van der Waals surface area contributed by atoms with Crippen LogP contribution in [0.2, 0.25) is 0 Å². The summed E-state index contributed by atoms with van der Waals surface area (Å²) in [4.78, 5) is 30.6. The zero-order chi connectivity index (χ0) is 21.3. The summed E-state index contributed by atoms with van der Waals surface area (Å²) >= 11 is 0. The first kappa shape index (κ1) is 20.1. The number of sulfonamides is 1. The van der Waals surface area contributed by atoms with Crippen LogP contribution in [0.1, 0.15) is 17.5 Å². The highest BCUT2D eigenvalue weighted by molar-refractivity contribution is 7.90. The van der Waals surface area contributed by atoms with Gasteiger partial charge in [-0.05, 0) is 31.2 Å². The van der Waals surface area contributed by atoms with Gasteiger partial charge in [0.15, 0.2) is 0 Å². The molecule has 0 saturated carbocycles. The van der Waals surface area contributed by atoms with Crippen LogP contribution in [-0.4, -0.2) is 45.8 Å². The van der Waals surface area contributed by atoms with Gasteiger partial charge in [-0.3, -0.25) is 19.3 Å². The summed E-state index contributed by atoms with van der Waals surface area (Å²) in [6.07, 6.45) is 0.106. The van der Waals surface area contributed by atoms with E-state index in [-0.39, 0.29) is 42.8 Å². The van der Waals surface area contributed by atoms with Gasteiger partial charge in [0.05, 0.1) is 17.4 Å². The third kappa shape index (κ3) is 3.93. The molecule has 2 aliphatic rings. The van der Waals surface area contributed by atoms with E-state index in [0.717, 1.165) is 11.3 Å². The molecule has 1 unspecified atom stereocenters. The summed E-state index contributed by atoms with van der Waals surface area (Å²) in [6.45, 7) is 2.36. The highest BCUT2D eigenvalue weighted by Gasteiger charge is 2.36. The van der Waals surface area contributed by atoms with Gasteiger partial charge in [0.1, 0.15) is 12.4 Å². The summed E-state index contributed by atoms with van der Waals surface area (Å²) in [5.74, 6) is -0.857. The lowest BCUT2D eigenvalue weighted by Crippen LogP contribution is -2.27. The first-order valence-corrected chi connectivity index (χ1v) is 11.0. The highest BCUT2D eigenvalue weighted by atomic mass is 32.2. The van der Waals surface area contributed by atoms with Gasteiger partial charge in [-0.25, -0.2) is 8.42 Å². The Morgan fingerprint density at radius 2 is 1.93 bits per heavy atom. The molecule has 1 fully saturated rings. The summed E-state index contributed by atoms with van der Waals surface area (Å²) in [5.41, 5.74) is 2.36. The lowest BCUT2D eigenvalue weighted by Gasteiger charge is -2.16. The zero-order valence-corrected chi connectivity index (χ0v) is 17.2. The van der Waals surface area contributed by atoms with Gasteiger partial charge in [0.2, 0.25) is 5.91 Å². The van der Waals surface area contributed by atoms with Gasteiger partial charge >= 0.3 is 5.97 Å². The largest absolute Gasteiger partial charge is 0.463 e. The van der Waals surface area contributed by atoms with Crippen molar-refractivity contribution in [1.82, 2.24) is 4.72 Å². The number of hydrogen-bond donors (Lipinski definition) is 1. The van der Waals surface area contributed by atoms with Crippen LogP contribution in [0.4, 0.5) is 5.69 Å². The predicted octanol–water partition coefficient (Wildman–Crippen LogP) is 1.63. The standard InChI is InChI=1S/C21H21N3O5S/c1-14-6-8-16(9-7-14)24-13-15(12-19(24)25)21(26)29-11-10-22-20-17-4-2-3-5-18(17)30(27,28)23-20/h2-9,15H,10-13H2,1H3,(H,22,23). The molecule has 4 rings (SSSR count). The minimum absolute atomic E-state index is 0.00144. The highest BCUT2D eigenvalue weighted by Crippen LogP contribution is 2.26. The molecule has 30 heavy (non-hydrogen) atoms. The van der Waals surface area contributed by atoms with Crippen molar-refractivity contribution in [1.29, 1.82) is 0 Å². The number of aryl methyl sites for hydroxylation is 1. The number of nitrogens with zero attached hydrogens (tertiary/aromatic N) is 2. The molecule has 1 atom stereocenters. The monoisotopic (exact) mass is 427 g/mol. The van der Waals surface area contributed by atoms with E-state index in [1.165, 1.54) is 6.07 Å². The van der Waals surface area contributed by atoms with Crippen LogP contribution in [0.3, 0.4) is 0 Å². The number of carbonyl (C=O) groups is 2. The predicted molar refractivity (Wildman–Crippen MR) is 111 cm³/mol. The molecule has 0 aliphatic carbocycles. The maximum absolute atomic E-state index is 12.4. The van der Waals surface area contributed by atoms with E-state index >= 15 is 0 Å². The van der Waals surface area contributed by atoms with Crippen molar-refractivity contribution in [3.63, 3.8) is 0 Å². The maximum atomic E-state index is 12.4. The fourth-order valence-corrected chi connectivity index (χ4v) is 4.76. The number of esters is 1. The SMILES string of the molecule is Cc1ccc(N2CC(C(=O)OCCN=C3NS(=O)(=O)c4ccccc43)CC2=O)cc1. The number of fused-ring (bicyclic) bond motifs is 1. The second-order valence-electron chi connectivity index (χ2n) is 7.24. The molecule has 156 valence electrons. The normalized spacial score (nSPS) is 20.8. The zero-order valence-electron chi connectivity index (χ0n) is 16.4. The van der Waals surface area contributed by atoms with Crippen molar-refractivity contribution in [2.45, 2.75) is 18.2 Å². The van der Waals surface area contributed by atoms with Crippen LogP contribution in [0.15, 0.2) is 58.4 Å². The molecule has 2 aromatic carbocycles. The topological polar surface area (TPSA) is 105 Å². The Labute approximate surface area is 174 Å². The van der Waals surface area contributed by atoms with E-state index in [1.54, 1.807) is 23.1 Å². The molecule has 2 aromatic rings. The Balaban J connectivity index is 1.32. The molecule has 0 radical (unpaired) electrons. The van der Waals surface area contributed by atoms with E-state index in [0.29, 0.717) is 5.56 Å². The number of aliphatic imine (C=N–C) groups is 1. The molecule has 1 saturated heterocycles. The Kier molecular flexibility index (Phi) is 5.29. The van der Waals surface area contributed by atoms with Crippen LogP contribution in [0.25, 0.3) is 0 Å².